The number of hydrogen-bond acceptors (Lipinski definition) is 4. The summed E-state index contributed by atoms with van der Waals surface area (Å²) >= 11 is 0. The van der Waals surface area contributed by atoms with Gasteiger partial charge in [0.15, 0.2) is 6.10 Å². The van der Waals surface area contributed by atoms with Crippen LogP contribution in [0, 0.1) is 11.6 Å². The molecule has 0 saturated heterocycles. The second-order valence-corrected chi connectivity index (χ2v) is 4.75. The van der Waals surface area contributed by atoms with Crippen molar-refractivity contribution in [2.24, 2.45) is 0 Å². The van der Waals surface area contributed by atoms with E-state index in [-0.39, 0.29) is 16.9 Å². The van der Waals surface area contributed by atoms with E-state index >= 15 is 0 Å². The van der Waals surface area contributed by atoms with Crippen LogP contribution >= 0.6 is 0 Å². The Morgan fingerprint density at radius 1 is 1.17 bits per heavy atom. The molecule has 1 amide bonds. The van der Waals surface area contributed by atoms with Gasteiger partial charge in [-0.3, -0.25) is 4.79 Å². The maximum atomic E-state index is 13.5. The summed E-state index contributed by atoms with van der Waals surface area (Å²) in [6, 6.07) is 8.95. The lowest BCUT2D eigenvalue weighted by atomic mass is 10.2. The van der Waals surface area contributed by atoms with Crippen molar-refractivity contribution in [3.8, 4) is 0 Å². The van der Waals surface area contributed by atoms with Crippen LogP contribution in [0.5, 0.6) is 0 Å². The SMILES string of the molecule is CC(OC(=O)c1ccccc1N)C(=O)Nc1ccc(F)cc1F. The third kappa shape index (κ3) is 4.03. The Balaban J connectivity index is 2.03. The molecule has 3 N–H and O–H groups in total. The average molecular weight is 320 g/mol. The quantitative estimate of drug-likeness (QED) is 0.670. The molecule has 0 radical (unpaired) electrons. The van der Waals surface area contributed by atoms with Crippen LogP contribution in [0.15, 0.2) is 42.5 Å². The standard InChI is InChI=1S/C16H14F2N2O3/c1-9(23-16(22)11-4-2-3-5-13(11)19)15(21)20-14-7-6-10(17)8-12(14)18/h2-9H,19H2,1H3,(H,20,21). The summed E-state index contributed by atoms with van der Waals surface area (Å²) < 4.78 is 31.3. The number of esters is 1. The number of rotatable bonds is 4. The summed E-state index contributed by atoms with van der Waals surface area (Å²) in [6.07, 6.45) is -1.19. The molecule has 2 aromatic rings. The molecule has 0 aliphatic heterocycles. The molecule has 0 spiro atoms. The normalized spacial score (nSPS) is 11.6. The van der Waals surface area contributed by atoms with Crippen LogP contribution < -0.4 is 11.1 Å². The van der Waals surface area contributed by atoms with Crippen molar-refractivity contribution in [1.82, 2.24) is 0 Å². The topological polar surface area (TPSA) is 81.4 Å². The number of ether oxygens (including phenoxy) is 1. The van der Waals surface area contributed by atoms with E-state index in [2.05, 4.69) is 5.32 Å². The third-order valence-corrected chi connectivity index (χ3v) is 3.02. The molecular weight excluding hydrogens is 306 g/mol. The fourth-order valence-corrected chi connectivity index (χ4v) is 1.79. The summed E-state index contributed by atoms with van der Waals surface area (Å²) in [5.41, 5.74) is 5.78. The number of carbonyl (C=O) groups is 2. The van der Waals surface area contributed by atoms with Crippen molar-refractivity contribution < 1.29 is 23.1 Å². The summed E-state index contributed by atoms with van der Waals surface area (Å²) in [4.78, 5) is 23.9. The van der Waals surface area contributed by atoms with Gasteiger partial charge in [-0.05, 0) is 31.2 Å². The van der Waals surface area contributed by atoms with Gasteiger partial charge in [0, 0.05) is 11.8 Å². The molecule has 0 heterocycles. The fourth-order valence-electron chi connectivity index (χ4n) is 1.79. The summed E-state index contributed by atoms with van der Waals surface area (Å²) in [5.74, 6) is -3.22. The van der Waals surface area contributed by atoms with Gasteiger partial charge in [0.2, 0.25) is 0 Å². The third-order valence-electron chi connectivity index (χ3n) is 3.02. The number of nitrogens with two attached hydrogens (primary N) is 1. The predicted octanol–water partition coefficient (Wildman–Crippen LogP) is 2.73. The van der Waals surface area contributed by atoms with Gasteiger partial charge in [-0.15, -0.1) is 0 Å². The number of hydrogen-bond donors (Lipinski definition) is 2. The van der Waals surface area contributed by atoms with Crippen molar-refractivity contribution in [1.29, 1.82) is 0 Å². The van der Waals surface area contributed by atoms with Gasteiger partial charge in [-0.2, -0.15) is 0 Å². The molecule has 1 atom stereocenters. The number of amides is 1. The minimum Gasteiger partial charge on any atom is -0.449 e. The number of nitrogen functional groups attached to an aromatic ring is 1. The molecule has 0 fully saturated rings. The molecule has 5 nitrogen and oxygen atoms in total. The number of benzene rings is 2. The lowest BCUT2D eigenvalue weighted by Crippen LogP contribution is -2.30. The number of halogens is 2. The molecule has 0 bridgehead atoms. The van der Waals surface area contributed by atoms with E-state index in [1.165, 1.54) is 19.1 Å². The van der Waals surface area contributed by atoms with Crippen LogP contribution in [0.3, 0.4) is 0 Å². The largest absolute Gasteiger partial charge is 0.449 e. The minimum absolute atomic E-state index is 0.125. The maximum absolute atomic E-state index is 13.5. The van der Waals surface area contributed by atoms with E-state index in [0.717, 1.165) is 12.1 Å². The van der Waals surface area contributed by atoms with Crippen molar-refractivity contribution in [3.63, 3.8) is 0 Å². The van der Waals surface area contributed by atoms with Crippen molar-refractivity contribution in [2.45, 2.75) is 13.0 Å². The van der Waals surface area contributed by atoms with Crippen LogP contribution in [0.25, 0.3) is 0 Å². The van der Waals surface area contributed by atoms with E-state index in [4.69, 9.17) is 10.5 Å². The molecule has 0 saturated carbocycles. The number of carbonyl (C=O) groups excluding carboxylic acids is 2. The van der Waals surface area contributed by atoms with Gasteiger partial charge in [0.1, 0.15) is 11.6 Å². The van der Waals surface area contributed by atoms with Crippen LogP contribution in [0.2, 0.25) is 0 Å². The van der Waals surface area contributed by atoms with Crippen LogP contribution in [-0.4, -0.2) is 18.0 Å². The van der Waals surface area contributed by atoms with Crippen LogP contribution in [0.4, 0.5) is 20.2 Å². The van der Waals surface area contributed by atoms with E-state index in [1.54, 1.807) is 12.1 Å². The smallest absolute Gasteiger partial charge is 0.341 e. The summed E-state index contributed by atoms with van der Waals surface area (Å²) in [6.45, 7) is 1.33. The molecule has 0 aromatic heterocycles. The van der Waals surface area contributed by atoms with Crippen molar-refractivity contribution in [3.05, 3.63) is 59.7 Å². The monoisotopic (exact) mass is 320 g/mol. The van der Waals surface area contributed by atoms with Crippen molar-refractivity contribution >= 4 is 23.3 Å². The lowest BCUT2D eigenvalue weighted by Gasteiger charge is -2.14. The van der Waals surface area contributed by atoms with Crippen LogP contribution in [-0.2, 0) is 9.53 Å². The van der Waals surface area contributed by atoms with Gasteiger partial charge in [-0.25, -0.2) is 13.6 Å². The van der Waals surface area contributed by atoms with Gasteiger partial charge in [0.25, 0.3) is 5.91 Å². The molecule has 1 unspecified atom stereocenters. The zero-order valence-electron chi connectivity index (χ0n) is 12.2. The van der Waals surface area contributed by atoms with Crippen molar-refractivity contribution in [2.75, 3.05) is 11.1 Å². The molecule has 23 heavy (non-hydrogen) atoms. The molecule has 2 aromatic carbocycles. The second kappa shape index (κ2) is 6.87. The molecule has 2 rings (SSSR count). The second-order valence-electron chi connectivity index (χ2n) is 4.75. The zero-order valence-corrected chi connectivity index (χ0v) is 12.2. The predicted molar refractivity (Wildman–Crippen MR) is 80.7 cm³/mol. The minimum atomic E-state index is -1.19. The number of anilines is 2. The first-order valence-electron chi connectivity index (χ1n) is 6.70. The van der Waals surface area contributed by atoms with E-state index in [0.29, 0.717) is 6.07 Å². The highest BCUT2D eigenvalue weighted by Gasteiger charge is 2.21. The lowest BCUT2D eigenvalue weighted by molar-refractivity contribution is -0.123. The first-order valence-corrected chi connectivity index (χ1v) is 6.70. The zero-order chi connectivity index (χ0) is 17.0. The first-order chi connectivity index (χ1) is 10.9. The highest BCUT2D eigenvalue weighted by atomic mass is 19.1. The Bertz CT molecular complexity index is 750. The Morgan fingerprint density at radius 3 is 2.52 bits per heavy atom. The molecule has 120 valence electrons. The highest BCUT2D eigenvalue weighted by Crippen LogP contribution is 2.16. The molecule has 7 heteroatoms. The van der Waals surface area contributed by atoms with Crippen LogP contribution in [0.1, 0.15) is 17.3 Å². The molecule has 0 aliphatic carbocycles. The first kappa shape index (κ1) is 16.4. The maximum Gasteiger partial charge on any atom is 0.341 e. The molecular formula is C16H14F2N2O3. The number of para-hydroxylation sites is 1. The van der Waals surface area contributed by atoms with E-state index in [1.807, 2.05) is 0 Å². The van der Waals surface area contributed by atoms with Gasteiger partial charge in [0.05, 0.1) is 11.3 Å². The van der Waals surface area contributed by atoms with Gasteiger partial charge in [-0.1, -0.05) is 12.1 Å². The number of nitrogens with one attached hydrogen (secondary N) is 1. The highest BCUT2D eigenvalue weighted by molar-refractivity contribution is 5.99. The Hall–Kier alpha value is -2.96. The van der Waals surface area contributed by atoms with Gasteiger partial charge < -0.3 is 15.8 Å². The Labute approximate surface area is 131 Å². The fraction of sp³-hybridized carbons (Fsp3) is 0.125. The molecule has 0 aliphatic rings. The summed E-state index contributed by atoms with van der Waals surface area (Å²) in [5, 5.41) is 2.22. The van der Waals surface area contributed by atoms with E-state index in [9.17, 15) is 18.4 Å². The Morgan fingerprint density at radius 2 is 1.87 bits per heavy atom. The summed E-state index contributed by atoms with van der Waals surface area (Å²) in [7, 11) is 0. The van der Waals surface area contributed by atoms with E-state index < -0.39 is 29.6 Å². The van der Waals surface area contributed by atoms with Gasteiger partial charge >= 0.3 is 5.97 Å². The average Bonchev–Trinajstić information content (AvgIpc) is 2.50. The Kier molecular flexibility index (Phi) is 4.90.